The molecular formula is C20H17NO5S. The minimum absolute atomic E-state index is 0.248. The molecule has 0 aliphatic carbocycles. The molecule has 0 spiro atoms. The van der Waals surface area contributed by atoms with Crippen LogP contribution in [0.3, 0.4) is 0 Å². The highest BCUT2D eigenvalue weighted by atomic mass is 32.2. The Morgan fingerprint density at radius 3 is 2.56 bits per heavy atom. The second kappa shape index (κ2) is 8.55. The van der Waals surface area contributed by atoms with Crippen LogP contribution in [0.4, 0.5) is 4.79 Å². The SMILES string of the molecule is COc1cc(/C=C2\SC(=O)NC2=O)ccc1OC(=O)CCc1ccccc1. The average Bonchev–Trinajstić information content (AvgIpc) is 2.99. The third kappa shape index (κ3) is 4.98. The Kier molecular flexibility index (Phi) is 5.93. The van der Waals surface area contributed by atoms with Gasteiger partial charge in [0.05, 0.1) is 12.0 Å². The maximum Gasteiger partial charge on any atom is 0.311 e. The maximum atomic E-state index is 12.1. The number of carbonyl (C=O) groups excluding carboxylic acids is 3. The molecule has 6 nitrogen and oxygen atoms in total. The van der Waals surface area contributed by atoms with E-state index in [4.69, 9.17) is 9.47 Å². The van der Waals surface area contributed by atoms with E-state index in [9.17, 15) is 14.4 Å². The summed E-state index contributed by atoms with van der Waals surface area (Å²) >= 11 is 0.837. The topological polar surface area (TPSA) is 81.7 Å². The lowest BCUT2D eigenvalue weighted by molar-refractivity contribution is -0.134. The van der Waals surface area contributed by atoms with Crippen molar-refractivity contribution in [1.82, 2.24) is 5.32 Å². The molecule has 2 aromatic carbocycles. The highest BCUT2D eigenvalue weighted by Crippen LogP contribution is 2.31. The summed E-state index contributed by atoms with van der Waals surface area (Å²) in [5.41, 5.74) is 1.72. The molecule has 1 saturated heterocycles. The van der Waals surface area contributed by atoms with Crippen molar-refractivity contribution in [2.75, 3.05) is 7.11 Å². The van der Waals surface area contributed by atoms with Crippen LogP contribution in [0, 0.1) is 0 Å². The van der Waals surface area contributed by atoms with E-state index in [1.165, 1.54) is 7.11 Å². The number of amides is 2. The molecule has 138 valence electrons. The van der Waals surface area contributed by atoms with E-state index in [1.54, 1.807) is 24.3 Å². The minimum Gasteiger partial charge on any atom is -0.493 e. The molecule has 1 fully saturated rings. The van der Waals surface area contributed by atoms with Crippen LogP contribution >= 0.6 is 11.8 Å². The van der Waals surface area contributed by atoms with E-state index in [-0.39, 0.29) is 12.4 Å². The van der Waals surface area contributed by atoms with Gasteiger partial charge in [-0.15, -0.1) is 0 Å². The Morgan fingerprint density at radius 1 is 1.11 bits per heavy atom. The number of benzene rings is 2. The molecule has 1 N–H and O–H groups in total. The fourth-order valence-electron chi connectivity index (χ4n) is 2.50. The summed E-state index contributed by atoms with van der Waals surface area (Å²) in [4.78, 5) is 35.3. The van der Waals surface area contributed by atoms with Gasteiger partial charge in [-0.2, -0.15) is 0 Å². The summed E-state index contributed by atoms with van der Waals surface area (Å²) in [5, 5.41) is 1.80. The predicted molar refractivity (Wildman–Crippen MR) is 102 cm³/mol. The number of esters is 1. The van der Waals surface area contributed by atoms with Crippen LogP contribution < -0.4 is 14.8 Å². The smallest absolute Gasteiger partial charge is 0.311 e. The summed E-state index contributed by atoms with van der Waals surface area (Å²) < 4.78 is 10.7. The standard InChI is InChI=1S/C20H17NO5S/c1-25-16-11-14(12-17-19(23)21-20(24)27-17)7-9-15(16)26-18(22)10-8-13-5-3-2-4-6-13/h2-7,9,11-12H,8,10H2,1H3,(H,21,23,24)/b17-12-. The van der Waals surface area contributed by atoms with Crippen LogP contribution in [0.15, 0.2) is 53.4 Å². The summed E-state index contributed by atoms with van der Waals surface area (Å²) in [6, 6.07) is 14.6. The van der Waals surface area contributed by atoms with Gasteiger partial charge in [-0.05, 0) is 47.5 Å². The van der Waals surface area contributed by atoms with E-state index in [2.05, 4.69) is 5.32 Å². The number of hydrogen-bond donors (Lipinski definition) is 1. The van der Waals surface area contributed by atoms with Crippen molar-refractivity contribution in [3.05, 3.63) is 64.6 Å². The van der Waals surface area contributed by atoms with Crippen molar-refractivity contribution in [3.8, 4) is 11.5 Å². The molecule has 1 heterocycles. The normalized spacial score (nSPS) is 14.9. The molecule has 0 saturated carbocycles. The Hall–Kier alpha value is -3.06. The van der Waals surface area contributed by atoms with Gasteiger partial charge < -0.3 is 9.47 Å². The number of rotatable bonds is 6. The second-order valence-electron chi connectivity index (χ2n) is 5.72. The molecule has 0 radical (unpaired) electrons. The van der Waals surface area contributed by atoms with Crippen LogP contribution in [0.1, 0.15) is 17.5 Å². The molecule has 2 amide bonds. The molecule has 2 aromatic rings. The second-order valence-corrected chi connectivity index (χ2v) is 6.74. The number of aryl methyl sites for hydroxylation is 1. The van der Waals surface area contributed by atoms with E-state index in [1.807, 2.05) is 30.3 Å². The number of imide groups is 1. The van der Waals surface area contributed by atoms with Crippen LogP contribution in [0.5, 0.6) is 11.5 Å². The first-order valence-corrected chi connectivity index (χ1v) is 9.04. The first-order chi connectivity index (χ1) is 13.0. The van der Waals surface area contributed by atoms with Crippen molar-refractivity contribution in [2.24, 2.45) is 0 Å². The molecule has 0 bridgehead atoms. The number of methoxy groups -OCH3 is 1. The Balaban J connectivity index is 1.67. The van der Waals surface area contributed by atoms with Crippen molar-refractivity contribution < 1.29 is 23.9 Å². The van der Waals surface area contributed by atoms with Gasteiger partial charge in [0, 0.05) is 6.42 Å². The predicted octanol–water partition coefficient (Wildman–Crippen LogP) is 3.56. The zero-order valence-electron chi connectivity index (χ0n) is 14.6. The number of nitrogens with one attached hydrogen (secondary N) is 1. The molecule has 1 aliphatic heterocycles. The van der Waals surface area contributed by atoms with Crippen LogP contribution in [0.25, 0.3) is 6.08 Å². The van der Waals surface area contributed by atoms with Gasteiger partial charge in [-0.25, -0.2) is 0 Å². The molecule has 0 aromatic heterocycles. The van der Waals surface area contributed by atoms with E-state index < -0.39 is 11.1 Å². The lowest BCUT2D eigenvalue weighted by atomic mass is 10.1. The Labute approximate surface area is 160 Å². The first kappa shape index (κ1) is 18.7. The van der Waals surface area contributed by atoms with Crippen molar-refractivity contribution in [1.29, 1.82) is 0 Å². The van der Waals surface area contributed by atoms with Gasteiger partial charge in [0.15, 0.2) is 11.5 Å². The van der Waals surface area contributed by atoms with Crippen LogP contribution in [-0.4, -0.2) is 24.2 Å². The lowest BCUT2D eigenvalue weighted by Gasteiger charge is -2.10. The van der Waals surface area contributed by atoms with Crippen molar-refractivity contribution >= 4 is 35.0 Å². The molecule has 1 aliphatic rings. The number of carbonyl (C=O) groups is 3. The van der Waals surface area contributed by atoms with Gasteiger partial charge in [-0.3, -0.25) is 19.7 Å². The number of ether oxygens (including phenoxy) is 2. The first-order valence-electron chi connectivity index (χ1n) is 8.22. The van der Waals surface area contributed by atoms with E-state index in [0.29, 0.717) is 28.4 Å². The zero-order chi connectivity index (χ0) is 19.2. The zero-order valence-corrected chi connectivity index (χ0v) is 15.4. The molecular weight excluding hydrogens is 366 g/mol. The molecule has 3 rings (SSSR count). The van der Waals surface area contributed by atoms with Gasteiger partial charge in [0.1, 0.15) is 0 Å². The van der Waals surface area contributed by atoms with Gasteiger partial charge in [-0.1, -0.05) is 36.4 Å². The lowest BCUT2D eigenvalue weighted by Crippen LogP contribution is -2.17. The van der Waals surface area contributed by atoms with Crippen molar-refractivity contribution in [2.45, 2.75) is 12.8 Å². The fraction of sp³-hybridized carbons (Fsp3) is 0.150. The number of hydrogen-bond acceptors (Lipinski definition) is 6. The van der Waals surface area contributed by atoms with E-state index in [0.717, 1.165) is 17.3 Å². The highest BCUT2D eigenvalue weighted by Gasteiger charge is 2.25. The molecule has 0 unspecified atom stereocenters. The summed E-state index contributed by atoms with van der Waals surface area (Å²) in [6.07, 6.45) is 2.42. The highest BCUT2D eigenvalue weighted by molar-refractivity contribution is 8.18. The van der Waals surface area contributed by atoms with Crippen LogP contribution in [0.2, 0.25) is 0 Å². The monoisotopic (exact) mass is 383 g/mol. The molecule has 0 atom stereocenters. The summed E-state index contributed by atoms with van der Waals surface area (Å²) in [5.74, 6) is -0.121. The van der Waals surface area contributed by atoms with Gasteiger partial charge in [0.2, 0.25) is 0 Å². The Morgan fingerprint density at radius 2 is 1.89 bits per heavy atom. The Bertz CT molecular complexity index is 908. The third-order valence-corrected chi connectivity index (χ3v) is 4.62. The van der Waals surface area contributed by atoms with Crippen molar-refractivity contribution in [3.63, 3.8) is 0 Å². The number of thioether (sulfide) groups is 1. The largest absolute Gasteiger partial charge is 0.493 e. The van der Waals surface area contributed by atoms with Crippen LogP contribution in [-0.2, 0) is 16.0 Å². The summed E-state index contributed by atoms with van der Waals surface area (Å²) in [6.45, 7) is 0. The maximum absolute atomic E-state index is 12.1. The fourth-order valence-corrected chi connectivity index (χ4v) is 3.18. The van der Waals surface area contributed by atoms with E-state index >= 15 is 0 Å². The van der Waals surface area contributed by atoms with Gasteiger partial charge >= 0.3 is 5.97 Å². The minimum atomic E-state index is -0.430. The molecule has 27 heavy (non-hydrogen) atoms. The third-order valence-electron chi connectivity index (χ3n) is 3.81. The average molecular weight is 383 g/mol. The van der Waals surface area contributed by atoms with Gasteiger partial charge in [0.25, 0.3) is 11.1 Å². The molecule has 7 heteroatoms. The summed E-state index contributed by atoms with van der Waals surface area (Å²) in [7, 11) is 1.47. The quantitative estimate of drug-likeness (QED) is 0.467.